The summed E-state index contributed by atoms with van der Waals surface area (Å²) in [6, 6.07) is 2.96. The molecule has 5 nitrogen and oxygen atoms in total. The first kappa shape index (κ1) is 15.3. The molecule has 0 aromatic heterocycles. The fourth-order valence-corrected chi connectivity index (χ4v) is 3.37. The fraction of sp³-hybridized carbons (Fsp3) is 0.417. The zero-order valence-corrected chi connectivity index (χ0v) is 12.5. The molecule has 0 saturated carbocycles. The number of sulfone groups is 1. The third-order valence-corrected chi connectivity index (χ3v) is 5.03. The summed E-state index contributed by atoms with van der Waals surface area (Å²) in [5.41, 5.74) is -0.115. The van der Waals surface area contributed by atoms with Gasteiger partial charge in [-0.1, -0.05) is 0 Å². The van der Waals surface area contributed by atoms with Gasteiger partial charge in [0.15, 0.2) is 9.84 Å². The molecule has 8 heteroatoms. The van der Waals surface area contributed by atoms with Crippen LogP contribution in [0.4, 0.5) is 10.1 Å². The van der Waals surface area contributed by atoms with Crippen molar-refractivity contribution in [2.75, 3.05) is 29.6 Å². The van der Waals surface area contributed by atoms with Gasteiger partial charge in [0, 0.05) is 24.3 Å². The first-order chi connectivity index (χ1) is 9.38. The monoisotopic (exact) mass is 318 g/mol. The highest BCUT2D eigenvalue weighted by Gasteiger charge is 2.22. The molecule has 1 atom stereocenters. The van der Waals surface area contributed by atoms with E-state index in [-0.39, 0.29) is 16.5 Å². The van der Waals surface area contributed by atoms with E-state index in [1.807, 2.05) is 0 Å². The number of anilines is 1. The summed E-state index contributed by atoms with van der Waals surface area (Å²) in [4.78, 5) is 12.0. The molecule has 1 unspecified atom stereocenters. The van der Waals surface area contributed by atoms with Crippen molar-refractivity contribution in [2.24, 2.45) is 0 Å². The average Bonchev–Trinajstić information content (AvgIpc) is 2.41. The fourth-order valence-electron chi connectivity index (χ4n) is 1.78. The molecule has 0 spiro atoms. The molecular weight excluding hydrogens is 303 g/mol. The zero-order chi connectivity index (χ0) is 14.8. The summed E-state index contributed by atoms with van der Waals surface area (Å²) in [7, 11) is -3.44. The van der Waals surface area contributed by atoms with Crippen LogP contribution in [-0.4, -0.2) is 44.7 Å². The number of amides is 1. The normalized spacial score (nSPS) is 19.6. The second-order valence-corrected chi connectivity index (χ2v) is 7.65. The number of carbonyl (C=O) groups is 1. The Morgan fingerprint density at radius 1 is 1.50 bits per heavy atom. The molecule has 1 heterocycles. The summed E-state index contributed by atoms with van der Waals surface area (Å²) in [6.45, 7) is 0.717. The van der Waals surface area contributed by atoms with Gasteiger partial charge in [-0.15, -0.1) is 0 Å². The van der Waals surface area contributed by atoms with Crippen LogP contribution in [0.1, 0.15) is 0 Å². The third kappa shape index (κ3) is 3.71. The zero-order valence-electron chi connectivity index (χ0n) is 10.8. The largest absolute Gasteiger partial charge is 0.322 e. The molecule has 1 aromatic rings. The first-order valence-corrected chi connectivity index (χ1v) is 9.04. The Balaban J connectivity index is 2.18. The number of carbonyl (C=O) groups excluding carboxylic acids is 1. The molecule has 0 aliphatic carbocycles. The molecule has 1 aromatic carbocycles. The molecule has 2 N–H and O–H groups in total. The van der Waals surface area contributed by atoms with E-state index in [1.54, 1.807) is 11.8 Å². The van der Waals surface area contributed by atoms with Crippen molar-refractivity contribution in [1.82, 2.24) is 5.32 Å². The topological polar surface area (TPSA) is 75.3 Å². The van der Waals surface area contributed by atoms with Gasteiger partial charge < -0.3 is 10.6 Å². The van der Waals surface area contributed by atoms with E-state index in [4.69, 9.17) is 0 Å². The van der Waals surface area contributed by atoms with Crippen LogP contribution >= 0.6 is 11.8 Å². The maximum Gasteiger partial charge on any atom is 0.242 e. The summed E-state index contributed by atoms with van der Waals surface area (Å²) >= 11 is 1.64. The van der Waals surface area contributed by atoms with E-state index in [2.05, 4.69) is 10.6 Å². The maximum atomic E-state index is 13.7. The molecule has 0 bridgehead atoms. The lowest BCUT2D eigenvalue weighted by molar-refractivity contribution is -0.117. The van der Waals surface area contributed by atoms with Crippen molar-refractivity contribution in [3.8, 4) is 0 Å². The first-order valence-electron chi connectivity index (χ1n) is 5.99. The molecule has 1 saturated heterocycles. The Morgan fingerprint density at radius 2 is 2.25 bits per heavy atom. The molecule has 1 aliphatic rings. The summed E-state index contributed by atoms with van der Waals surface area (Å²) < 4.78 is 36.5. The van der Waals surface area contributed by atoms with Crippen molar-refractivity contribution < 1.29 is 17.6 Å². The molecule has 0 radical (unpaired) electrons. The van der Waals surface area contributed by atoms with Crippen LogP contribution < -0.4 is 10.6 Å². The van der Waals surface area contributed by atoms with Gasteiger partial charge in [0.05, 0.1) is 16.6 Å². The predicted octanol–water partition coefficient (Wildman–Crippen LogP) is 0.873. The van der Waals surface area contributed by atoms with E-state index in [0.29, 0.717) is 12.3 Å². The average molecular weight is 318 g/mol. The van der Waals surface area contributed by atoms with E-state index >= 15 is 0 Å². The number of benzene rings is 1. The van der Waals surface area contributed by atoms with E-state index in [0.717, 1.165) is 24.1 Å². The Bertz CT molecular complexity index is 613. The molecule has 2 rings (SSSR count). The highest BCUT2D eigenvalue weighted by Crippen LogP contribution is 2.20. The Hall–Kier alpha value is -1.12. The van der Waals surface area contributed by atoms with Crippen LogP contribution in [0.25, 0.3) is 0 Å². The van der Waals surface area contributed by atoms with Crippen molar-refractivity contribution >= 4 is 33.2 Å². The van der Waals surface area contributed by atoms with Crippen LogP contribution in [0.5, 0.6) is 0 Å². The molecule has 20 heavy (non-hydrogen) atoms. The SMILES string of the molecule is CS(=O)(=O)c1ccc(F)c(NC(=O)C2CSCCN2)c1. The van der Waals surface area contributed by atoms with Gasteiger partial charge in [0.1, 0.15) is 5.82 Å². The highest BCUT2D eigenvalue weighted by molar-refractivity contribution is 7.99. The lowest BCUT2D eigenvalue weighted by Gasteiger charge is -2.22. The highest BCUT2D eigenvalue weighted by atomic mass is 32.2. The van der Waals surface area contributed by atoms with Gasteiger partial charge in [-0.2, -0.15) is 11.8 Å². The molecular formula is C12H15FN2O3S2. The minimum absolute atomic E-state index is 0.0276. The van der Waals surface area contributed by atoms with Gasteiger partial charge >= 0.3 is 0 Å². The smallest absolute Gasteiger partial charge is 0.242 e. The second-order valence-electron chi connectivity index (χ2n) is 4.48. The quantitative estimate of drug-likeness (QED) is 0.809. The minimum Gasteiger partial charge on any atom is -0.322 e. The minimum atomic E-state index is -3.44. The number of nitrogens with one attached hydrogen (secondary N) is 2. The van der Waals surface area contributed by atoms with Crippen LogP contribution in [-0.2, 0) is 14.6 Å². The van der Waals surface area contributed by atoms with Gasteiger partial charge in [0.2, 0.25) is 5.91 Å². The third-order valence-electron chi connectivity index (χ3n) is 2.86. The van der Waals surface area contributed by atoms with Gasteiger partial charge in [-0.25, -0.2) is 12.8 Å². The standard InChI is InChI=1S/C12H15FN2O3S2/c1-20(17,18)8-2-3-9(13)10(6-8)15-12(16)11-7-19-5-4-14-11/h2-3,6,11,14H,4-5,7H2,1H3,(H,15,16). The summed E-state index contributed by atoms with van der Waals surface area (Å²) in [5.74, 6) is 0.525. The van der Waals surface area contributed by atoms with Crippen LogP contribution in [0.2, 0.25) is 0 Å². The van der Waals surface area contributed by atoms with Crippen molar-refractivity contribution in [2.45, 2.75) is 10.9 Å². The molecule has 1 aliphatic heterocycles. The van der Waals surface area contributed by atoms with Gasteiger partial charge in [-0.3, -0.25) is 4.79 Å². The number of halogens is 1. The summed E-state index contributed by atoms with van der Waals surface area (Å²) in [5, 5.41) is 5.47. The van der Waals surface area contributed by atoms with Crippen molar-refractivity contribution in [3.05, 3.63) is 24.0 Å². The Kier molecular flexibility index (Phi) is 4.66. The number of rotatable bonds is 3. The number of thioether (sulfide) groups is 1. The van der Waals surface area contributed by atoms with Gasteiger partial charge in [-0.05, 0) is 18.2 Å². The number of hydrogen-bond donors (Lipinski definition) is 2. The predicted molar refractivity (Wildman–Crippen MR) is 77.3 cm³/mol. The lowest BCUT2D eigenvalue weighted by Crippen LogP contribution is -2.46. The van der Waals surface area contributed by atoms with E-state index < -0.39 is 21.7 Å². The molecule has 110 valence electrons. The van der Waals surface area contributed by atoms with E-state index in [1.165, 1.54) is 6.07 Å². The van der Waals surface area contributed by atoms with E-state index in [9.17, 15) is 17.6 Å². The number of hydrogen-bond acceptors (Lipinski definition) is 5. The van der Waals surface area contributed by atoms with Gasteiger partial charge in [0.25, 0.3) is 0 Å². The maximum absolute atomic E-state index is 13.7. The lowest BCUT2D eigenvalue weighted by atomic mass is 10.2. The van der Waals surface area contributed by atoms with Crippen LogP contribution in [0, 0.1) is 5.82 Å². The van der Waals surface area contributed by atoms with Crippen molar-refractivity contribution in [3.63, 3.8) is 0 Å². The second kappa shape index (κ2) is 6.11. The van der Waals surface area contributed by atoms with Crippen LogP contribution in [0.15, 0.2) is 23.1 Å². The molecule has 1 amide bonds. The Morgan fingerprint density at radius 3 is 2.85 bits per heavy atom. The van der Waals surface area contributed by atoms with Crippen LogP contribution in [0.3, 0.4) is 0 Å². The van der Waals surface area contributed by atoms with Crippen molar-refractivity contribution in [1.29, 1.82) is 0 Å². The Labute approximate surface area is 121 Å². The summed E-state index contributed by atoms with van der Waals surface area (Å²) in [6.07, 6.45) is 1.03. The molecule has 1 fully saturated rings.